The molecule has 0 bridgehead atoms. The summed E-state index contributed by atoms with van der Waals surface area (Å²) in [4.78, 5) is 11.4. The lowest BCUT2D eigenvalue weighted by molar-refractivity contribution is -0.130. The zero-order valence-corrected chi connectivity index (χ0v) is 8.82. The number of aromatic nitrogens is 1. The minimum Gasteiger partial charge on any atom is -0.370 e. The highest BCUT2D eigenvalue weighted by Gasteiger charge is 2.15. The van der Waals surface area contributed by atoms with Crippen molar-refractivity contribution in [3.63, 3.8) is 0 Å². The molecule has 6 nitrogen and oxygen atoms in total. The molecule has 0 aliphatic rings. The summed E-state index contributed by atoms with van der Waals surface area (Å²) in [5.41, 5.74) is 6.11. The Balaban J connectivity index is 2.40. The summed E-state index contributed by atoms with van der Waals surface area (Å²) in [5.74, 6) is 0.349. The first kappa shape index (κ1) is 11.7. The maximum atomic E-state index is 11.4. The van der Waals surface area contributed by atoms with Gasteiger partial charge in [-0.1, -0.05) is 5.16 Å². The highest BCUT2D eigenvalue weighted by atomic mass is 16.5. The first-order valence-corrected chi connectivity index (χ1v) is 4.60. The lowest BCUT2D eigenvalue weighted by Crippen LogP contribution is -2.40. The molecule has 1 amide bonds. The van der Waals surface area contributed by atoms with Crippen LogP contribution in [0.5, 0.6) is 0 Å². The van der Waals surface area contributed by atoms with E-state index in [1.54, 1.807) is 6.07 Å². The molecule has 1 heterocycles. The number of carbonyl (C=O) groups is 1. The van der Waals surface area contributed by atoms with Crippen LogP contribution in [0.15, 0.2) is 10.6 Å². The molecule has 0 aliphatic heterocycles. The Hall–Kier alpha value is -1.40. The van der Waals surface area contributed by atoms with Crippen LogP contribution < -0.4 is 11.1 Å². The molecule has 3 N–H and O–H groups in total. The number of aryl methyl sites for hydroxylation is 1. The van der Waals surface area contributed by atoms with Crippen molar-refractivity contribution in [3.05, 3.63) is 17.5 Å². The Morgan fingerprint density at radius 1 is 1.80 bits per heavy atom. The number of nitrogens with zero attached hydrogens (tertiary/aromatic N) is 1. The SMILES string of the molecule is COC(CN)C(=O)NCc1cc(C)no1. The summed E-state index contributed by atoms with van der Waals surface area (Å²) in [7, 11) is 1.44. The predicted molar refractivity (Wildman–Crippen MR) is 52.9 cm³/mol. The normalized spacial score (nSPS) is 12.5. The van der Waals surface area contributed by atoms with Gasteiger partial charge in [0.1, 0.15) is 6.10 Å². The predicted octanol–water partition coefficient (Wildman–Crippen LogP) is -0.427. The molecule has 84 valence electrons. The van der Waals surface area contributed by atoms with Crippen LogP contribution >= 0.6 is 0 Å². The highest BCUT2D eigenvalue weighted by molar-refractivity contribution is 5.80. The van der Waals surface area contributed by atoms with Gasteiger partial charge in [-0.25, -0.2) is 0 Å². The third kappa shape index (κ3) is 3.34. The van der Waals surface area contributed by atoms with Gasteiger partial charge in [-0.3, -0.25) is 4.79 Å². The van der Waals surface area contributed by atoms with Crippen molar-refractivity contribution in [1.29, 1.82) is 0 Å². The van der Waals surface area contributed by atoms with E-state index in [9.17, 15) is 4.79 Å². The van der Waals surface area contributed by atoms with Crippen LogP contribution in [-0.4, -0.2) is 30.8 Å². The standard InChI is InChI=1S/C9H15N3O3/c1-6-3-7(15-12-6)5-11-9(13)8(4-10)14-2/h3,8H,4-5,10H2,1-2H3,(H,11,13). The Kier molecular flexibility index (Phi) is 4.26. The second-order valence-corrected chi connectivity index (χ2v) is 3.11. The van der Waals surface area contributed by atoms with Crippen molar-refractivity contribution in [3.8, 4) is 0 Å². The number of rotatable bonds is 5. The second kappa shape index (κ2) is 5.47. The van der Waals surface area contributed by atoms with Gasteiger partial charge in [0.2, 0.25) is 0 Å². The summed E-state index contributed by atoms with van der Waals surface area (Å²) in [6.07, 6.45) is -0.617. The van der Waals surface area contributed by atoms with Crippen molar-refractivity contribution < 1.29 is 14.1 Å². The molecule has 0 aromatic carbocycles. The van der Waals surface area contributed by atoms with E-state index in [1.807, 2.05) is 6.92 Å². The van der Waals surface area contributed by atoms with Gasteiger partial charge in [-0.05, 0) is 6.92 Å². The molecule has 1 unspecified atom stereocenters. The van der Waals surface area contributed by atoms with Gasteiger partial charge in [0.25, 0.3) is 5.91 Å². The average molecular weight is 213 g/mol. The average Bonchev–Trinajstić information content (AvgIpc) is 2.63. The van der Waals surface area contributed by atoms with Crippen molar-refractivity contribution in [2.75, 3.05) is 13.7 Å². The van der Waals surface area contributed by atoms with Gasteiger partial charge in [0.15, 0.2) is 5.76 Å². The summed E-state index contributed by atoms with van der Waals surface area (Å²) < 4.78 is 9.80. The molecule has 0 aliphatic carbocycles. The molecule has 0 saturated heterocycles. The number of nitrogens with one attached hydrogen (secondary N) is 1. The van der Waals surface area contributed by atoms with Crippen LogP contribution in [0.4, 0.5) is 0 Å². The van der Waals surface area contributed by atoms with Crippen LogP contribution in [0, 0.1) is 6.92 Å². The van der Waals surface area contributed by atoms with Gasteiger partial charge in [0, 0.05) is 19.7 Å². The van der Waals surface area contributed by atoms with E-state index >= 15 is 0 Å². The number of amides is 1. The molecule has 0 spiro atoms. The highest BCUT2D eigenvalue weighted by Crippen LogP contribution is 2.01. The van der Waals surface area contributed by atoms with Crippen molar-refractivity contribution >= 4 is 5.91 Å². The molecule has 0 fully saturated rings. The minimum atomic E-state index is -0.617. The van der Waals surface area contributed by atoms with Crippen LogP contribution in [0.25, 0.3) is 0 Å². The van der Waals surface area contributed by atoms with E-state index in [0.717, 1.165) is 5.69 Å². The summed E-state index contributed by atoms with van der Waals surface area (Å²) in [6, 6.07) is 1.75. The van der Waals surface area contributed by atoms with E-state index in [1.165, 1.54) is 7.11 Å². The fraction of sp³-hybridized carbons (Fsp3) is 0.556. The van der Waals surface area contributed by atoms with E-state index in [2.05, 4.69) is 10.5 Å². The topological polar surface area (TPSA) is 90.4 Å². The van der Waals surface area contributed by atoms with E-state index in [-0.39, 0.29) is 12.5 Å². The van der Waals surface area contributed by atoms with E-state index < -0.39 is 6.10 Å². The molecular weight excluding hydrogens is 198 g/mol. The van der Waals surface area contributed by atoms with Gasteiger partial charge >= 0.3 is 0 Å². The largest absolute Gasteiger partial charge is 0.370 e. The molecule has 0 saturated carbocycles. The van der Waals surface area contributed by atoms with Crippen LogP contribution in [0.2, 0.25) is 0 Å². The Labute approximate surface area is 87.8 Å². The van der Waals surface area contributed by atoms with Crippen molar-refractivity contribution in [2.45, 2.75) is 19.6 Å². The van der Waals surface area contributed by atoms with Crippen molar-refractivity contribution in [2.24, 2.45) is 5.73 Å². The summed E-state index contributed by atoms with van der Waals surface area (Å²) in [5, 5.41) is 6.33. The molecule has 1 aromatic heterocycles. The van der Waals surface area contributed by atoms with Crippen LogP contribution in [0.3, 0.4) is 0 Å². The molecule has 15 heavy (non-hydrogen) atoms. The van der Waals surface area contributed by atoms with E-state index in [0.29, 0.717) is 12.3 Å². The fourth-order valence-electron chi connectivity index (χ4n) is 1.10. The monoisotopic (exact) mass is 213 g/mol. The molecule has 1 atom stereocenters. The maximum absolute atomic E-state index is 11.4. The van der Waals surface area contributed by atoms with Crippen molar-refractivity contribution in [1.82, 2.24) is 10.5 Å². The van der Waals surface area contributed by atoms with Gasteiger partial charge < -0.3 is 20.3 Å². The van der Waals surface area contributed by atoms with Crippen LogP contribution in [0.1, 0.15) is 11.5 Å². The number of hydrogen-bond acceptors (Lipinski definition) is 5. The number of hydrogen-bond donors (Lipinski definition) is 2. The fourth-order valence-corrected chi connectivity index (χ4v) is 1.10. The third-order valence-corrected chi connectivity index (χ3v) is 1.90. The van der Waals surface area contributed by atoms with Gasteiger partial charge in [-0.2, -0.15) is 0 Å². The molecule has 6 heteroatoms. The lowest BCUT2D eigenvalue weighted by atomic mass is 10.3. The second-order valence-electron chi connectivity index (χ2n) is 3.11. The quantitative estimate of drug-likeness (QED) is 0.692. The Morgan fingerprint density at radius 2 is 2.53 bits per heavy atom. The lowest BCUT2D eigenvalue weighted by Gasteiger charge is -2.11. The van der Waals surface area contributed by atoms with Gasteiger partial charge in [-0.15, -0.1) is 0 Å². The number of nitrogens with two attached hydrogens (primary N) is 1. The first-order chi connectivity index (χ1) is 7.17. The zero-order chi connectivity index (χ0) is 11.3. The zero-order valence-electron chi connectivity index (χ0n) is 8.82. The first-order valence-electron chi connectivity index (χ1n) is 4.60. The molecule has 1 rings (SSSR count). The third-order valence-electron chi connectivity index (χ3n) is 1.90. The maximum Gasteiger partial charge on any atom is 0.250 e. The van der Waals surface area contributed by atoms with Gasteiger partial charge in [0.05, 0.1) is 12.2 Å². The van der Waals surface area contributed by atoms with Crippen LogP contribution in [-0.2, 0) is 16.1 Å². The molecule has 1 aromatic rings. The molecule has 0 radical (unpaired) electrons. The molecular formula is C9H15N3O3. The Bertz CT molecular complexity index is 320. The smallest absolute Gasteiger partial charge is 0.250 e. The van der Waals surface area contributed by atoms with E-state index in [4.69, 9.17) is 15.0 Å². The number of carbonyl (C=O) groups excluding carboxylic acids is 1. The summed E-state index contributed by atoms with van der Waals surface area (Å²) >= 11 is 0. The number of methoxy groups -OCH3 is 1. The number of ether oxygens (including phenoxy) is 1. The Morgan fingerprint density at radius 3 is 3.00 bits per heavy atom. The summed E-state index contributed by atoms with van der Waals surface area (Å²) in [6.45, 7) is 2.25. The minimum absolute atomic E-state index is 0.151.